The van der Waals surface area contributed by atoms with E-state index in [-0.39, 0.29) is 5.82 Å². The summed E-state index contributed by atoms with van der Waals surface area (Å²) in [4.78, 5) is 0. The van der Waals surface area contributed by atoms with Gasteiger partial charge in [-0.2, -0.15) is 0 Å². The molecule has 3 heteroatoms. The van der Waals surface area contributed by atoms with E-state index in [1.165, 1.54) is 6.07 Å². The SMILES string of the molecule is CCC1(N)CCOc2c(F)cccc21. The highest BCUT2D eigenvalue weighted by atomic mass is 19.1. The molecule has 1 aliphatic heterocycles. The highest BCUT2D eigenvalue weighted by Crippen LogP contribution is 2.38. The van der Waals surface area contributed by atoms with Crippen LogP contribution in [0.3, 0.4) is 0 Å². The molecule has 0 bridgehead atoms. The summed E-state index contributed by atoms with van der Waals surface area (Å²) >= 11 is 0. The van der Waals surface area contributed by atoms with Crippen molar-refractivity contribution < 1.29 is 9.13 Å². The fourth-order valence-corrected chi connectivity index (χ4v) is 1.88. The van der Waals surface area contributed by atoms with Gasteiger partial charge in [0.1, 0.15) is 0 Å². The maximum Gasteiger partial charge on any atom is 0.165 e. The Morgan fingerprint density at radius 3 is 3.07 bits per heavy atom. The van der Waals surface area contributed by atoms with Crippen LogP contribution in [0.1, 0.15) is 25.3 Å². The molecule has 0 radical (unpaired) electrons. The van der Waals surface area contributed by atoms with Crippen molar-refractivity contribution in [2.75, 3.05) is 6.61 Å². The van der Waals surface area contributed by atoms with Crippen LogP contribution in [-0.2, 0) is 5.54 Å². The molecule has 0 aromatic heterocycles. The smallest absolute Gasteiger partial charge is 0.165 e. The molecule has 76 valence electrons. The average molecular weight is 195 g/mol. The Morgan fingerprint density at radius 2 is 2.36 bits per heavy atom. The first kappa shape index (κ1) is 9.46. The van der Waals surface area contributed by atoms with E-state index in [0.717, 1.165) is 18.4 Å². The molecular weight excluding hydrogens is 181 g/mol. The maximum atomic E-state index is 13.4. The second-order valence-corrected chi connectivity index (χ2v) is 3.72. The summed E-state index contributed by atoms with van der Waals surface area (Å²) in [5.41, 5.74) is 6.57. The van der Waals surface area contributed by atoms with Gasteiger partial charge in [-0.1, -0.05) is 19.1 Å². The summed E-state index contributed by atoms with van der Waals surface area (Å²) in [6.45, 7) is 2.51. The van der Waals surface area contributed by atoms with Gasteiger partial charge in [0.15, 0.2) is 11.6 Å². The molecule has 1 heterocycles. The Bertz CT molecular complexity index is 353. The van der Waals surface area contributed by atoms with Crippen LogP contribution in [0, 0.1) is 5.82 Å². The molecule has 2 nitrogen and oxygen atoms in total. The van der Waals surface area contributed by atoms with E-state index in [2.05, 4.69) is 0 Å². The van der Waals surface area contributed by atoms with Crippen LogP contribution >= 0.6 is 0 Å². The molecule has 0 fully saturated rings. The summed E-state index contributed by atoms with van der Waals surface area (Å²) in [5.74, 6) is 0.0218. The third kappa shape index (κ3) is 1.28. The summed E-state index contributed by atoms with van der Waals surface area (Å²) in [7, 11) is 0. The van der Waals surface area contributed by atoms with E-state index in [1.807, 2.05) is 13.0 Å². The number of para-hydroxylation sites is 1. The predicted molar refractivity (Wildman–Crippen MR) is 52.7 cm³/mol. The zero-order chi connectivity index (χ0) is 10.2. The zero-order valence-corrected chi connectivity index (χ0v) is 8.22. The van der Waals surface area contributed by atoms with Crippen molar-refractivity contribution in [2.45, 2.75) is 25.3 Å². The van der Waals surface area contributed by atoms with Crippen LogP contribution < -0.4 is 10.5 Å². The fourth-order valence-electron chi connectivity index (χ4n) is 1.88. The molecule has 0 spiro atoms. The van der Waals surface area contributed by atoms with Crippen LogP contribution in [-0.4, -0.2) is 6.61 Å². The van der Waals surface area contributed by atoms with E-state index in [0.29, 0.717) is 12.4 Å². The Hall–Kier alpha value is -1.09. The van der Waals surface area contributed by atoms with Crippen LogP contribution in [0.4, 0.5) is 4.39 Å². The predicted octanol–water partition coefficient (Wildman–Crippen LogP) is 2.17. The molecule has 1 aromatic rings. The van der Waals surface area contributed by atoms with Crippen molar-refractivity contribution in [3.05, 3.63) is 29.6 Å². The molecule has 2 N–H and O–H groups in total. The van der Waals surface area contributed by atoms with Crippen LogP contribution in [0.25, 0.3) is 0 Å². The van der Waals surface area contributed by atoms with E-state index in [4.69, 9.17) is 10.5 Å². The Balaban J connectivity index is 2.55. The number of nitrogens with two attached hydrogens (primary N) is 1. The largest absolute Gasteiger partial charge is 0.490 e. The van der Waals surface area contributed by atoms with Crippen LogP contribution in [0.2, 0.25) is 0 Å². The average Bonchev–Trinajstić information content (AvgIpc) is 2.20. The van der Waals surface area contributed by atoms with Gasteiger partial charge in [-0.05, 0) is 12.5 Å². The number of fused-ring (bicyclic) bond motifs is 1. The quantitative estimate of drug-likeness (QED) is 0.745. The van der Waals surface area contributed by atoms with Crippen molar-refractivity contribution in [2.24, 2.45) is 5.73 Å². The van der Waals surface area contributed by atoms with E-state index >= 15 is 0 Å². The first-order chi connectivity index (χ1) is 6.67. The van der Waals surface area contributed by atoms with Crippen LogP contribution in [0.5, 0.6) is 5.75 Å². The van der Waals surface area contributed by atoms with E-state index in [9.17, 15) is 4.39 Å². The topological polar surface area (TPSA) is 35.2 Å². The molecule has 1 aromatic carbocycles. The standard InChI is InChI=1S/C11H14FNO/c1-2-11(13)6-7-14-10-8(11)4-3-5-9(10)12/h3-5H,2,6-7,13H2,1H3. The van der Waals surface area contributed by atoms with E-state index < -0.39 is 5.54 Å². The van der Waals surface area contributed by atoms with Crippen molar-refractivity contribution in [3.63, 3.8) is 0 Å². The number of halogens is 1. The number of rotatable bonds is 1. The molecule has 1 unspecified atom stereocenters. The van der Waals surface area contributed by atoms with E-state index in [1.54, 1.807) is 6.07 Å². The Morgan fingerprint density at radius 1 is 1.57 bits per heavy atom. The first-order valence-electron chi connectivity index (χ1n) is 4.88. The lowest BCUT2D eigenvalue weighted by Crippen LogP contribution is -2.41. The molecule has 1 aliphatic rings. The minimum Gasteiger partial charge on any atom is -0.490 e. The highest BCUT2D eigenvalue weighted by molar-refractivity contribution is 5.41. The van der Waals surface area contributed by atoms with Crippen molar-refractivity contribution in [3.8, 4) is 5.75 Å². The molecule has 0 aliphatic carbocycles. The second-order valence-electron chi connectivity index (χ2n) is 3.72. The normalized spacial score (nSPS) is 25.4. The highest BCUT2D eigenvalue weighted by Gasteiger charge is 2.33. The van der Waals surface area contributed by atoms with Gasteiger partial charge in [0.25, 0.3) is 0 Å². The van der Waals surface area contributed by atoms with Crippen molar-refractivity contribution >= 4 is 0 Å². The molecule has 0 amide bonds. The lowest BCUT2D eigenvalue weighted by atomic mass is 9.83. The first-order valence-corrected chi connectivity index (χ1v) is 4.88. The van der Waals surface area contributed by atoms with Crippen molar-refractivity contribution in [1.29, 1.82) is 0 Å². The molecule has 2 rings (SSSR count). The summed E-state index contributed by atoms with van der Waals surface area (Å²) in [6.07, 6.45) is 1.55. The number of benzene rings is 1. The van der Waals surface area contributed by atoms with Crippen LogP contribution in [0.15, 0.2) is 18.2 Å². The molecule has 0 saturated heterocycles. The number of ether oxygens (including phenoxy) is 1. The van der Waals surface area contributed by atoms with Gasteiger partial charge in [-0.15, -0.1) is 0 Å². The monoisotopic (exact) mass is 195 g/mol. The molecular formula is C11H14FNO. The summed E-state index contributed by atoms with van der Waals surface area (Å²) in [5, 5.41) is 0. The Labute approximate surface area is 82.9 Å². The second kappa shape index (κ2) is 3.24. The van der Waals surface area contributed by atoms with Gasteiger partial charge in [0, 0.05) is 17.5 Å². The third-order valence-corrected chi connectivity index (χ3v) is 2.93. The van der Waals surface area contributed by atoms with Gasteiger partial charge in [0.05, 0.1) is 6.61 Å². The lowest BCUT2D eigenvalue weighted by Gasteiger charge is -2.34. The minimum atomic E-state index is -0.421. The van der Waals surface area contributed by atoms with Gasteiger partial charge >= 0.3 is 0 Å². The molecule has 1 atom stereocenters. The lowest BCUT2D eigenvalue weighted by molar-refractivity contribution is 0.203. The number of hydrogen-bond acceptors (Lipinski definition) is 2. The summed E-state index contributed by atoms with van der Waals surface area (Å²) < 4.78 is 18.7. The maximum absolute atomic E-state index is 13.4. The summed E-state index contributed by atoms with van der Waals surface area (Å²) in [6, 6.07) is 4.93. The molecule has 0 saturated carbocycles. The van der Waals surface area contributed by atoms with Gasteiger partial charge in [0.2, 0.25) is 0 Å². The van der Waals surface area contributed by atoms with Gasteiger partial charge < -0.3 is 10.5 Å². The fraction of sp³-hybridized carbons (Fsp3) is 0.455. The van der Waals surface area contributed by atoms with Gasteiger partial charge in [-0.25, -0.2) is 4.39 Å². The van der Waals surface area contributed by atoms with Crippen molar-refractivity contribution in [1.82, 2.24) is 0 Å². The number of hydrogen-bond donors (Lipinski definition) is 1. The molecule has 14 heavy (non-hydrogen) atoms. The zero-order valence-electron chi connectivity index (χ0n) is 8.22. The van der Waals surface area contributed by atoms with Gasteiger partial charge in [-0.3, -0.25) is 0 Å². The third-order valence-electron chi connectivity index (χ3n) is 2.93. The Kier molecular flexibility index (Phi) is 2.19. The minimum absolute atomic E-state index is 0.314.